The highest BCUT2D eigenvalue weighted by Gasteiger charge is 2.21. The molecule has 21 heavy (non-hydrogen) atoms. The fraction of sp³-hybridized carbons (Fsp3) is 0.0667. The summed E-state index contributed by atoms with van der Waals surface area (Å²) in [6.45, 7) is 0. The van der Waals surface area contributed by atoms with E-state index in [0.717, 1.165) is 0 Å². The van der Waals surface area contributed by atoms with Crippen molar-refractivity contribution in [1.82, 2.24) is 5.32 Å². The van der Waals surface area contributed by atoms with Crippen LogP contribution in [-0.2, 0) is 4.79 Å². The maximum absolute atomic E-state index is 12.1. The zero-order valence-electron chi connectivity index (χ0n) is 11.0. The van der Waals surface area contributed by atoms with Gasteiger partial charge in [0.15, 0.2) is 0 Å². The Hall–Kier alpha value is -2.53. The summed E-state index contributed by atoms with van der Waals surface area (Å²) in [4.78, 5) is 23.0. The molecule has 5 nitrogen and oxygen atoms in total. The van der Waals surface area contributed by atoms with Crippen molar-refractivity contribution in [2.75, 3.05) is 5.32 Å². The molecule has 1 atom stereocenters. The molecule has 0 aliphatic rings. The van der Waals surface area contributed by atoms with E-state index in [-0.39, 0.29) is 0 Å². The number of benzene rings is 2. The van der Waals surface area contributed by atoms with Crippen molar-refractivity contribution in [3.05, 3.63) is 65.2 Å². The summed E-state index contributed by atoms with van der Waals surface area (Å²) in [6, 6.07) is 14.3. The molecular formula is C15H14ClN3O2. The van der Waals surface area contributed by atoms with Crippen LogP contribution in [-0.4, -0.2) is 11.9 Å². The Bertz CT molecular complexity index is 629. The predicted molar refractivity (Wildman–Crippen MR) is 82.0 cm³/mol. The second-order valence-corrected chi connectivity index (χ2v) is 4.78. The highest BCUT2D eigenvalue weighted by atomic mass is 35.5. The SMILES string of the molecule is NC(=O)NC(=O)[C@@H](Nc1ccc(Cl)cc1)c1ccccc1. The Morgan fingerprint density at radius 2 is 1.62 bits per heavy atom. The summed E-state index contributed by atoms with van der Waals surface area (Å²) in [5.41, 5.74) is 6.42. The molecule has 0 bridgehead atoms. The number of imide groups is 1. The summed E-state index contributed by atoms with van der Waals surface area (Å²) in [6.07, 6.45) is 0. The first-order chi connectivity index (χ1) is 10.1. The number of carbonyl (C=O) groups is 2. The van der Waals surface area contributed by atoms with Crippen molar-refractivity contribution in [2.45, 2.75) is 6.04 Å². The molecule has 2 aromatic carbocycles. The molecule has 2 rings (SSSR count). The van der Waals surface area contributed by atoms with Crippen LogP contribution in [0.1, 0.15) is 11.6 Å². The van der Waals surface area contributed by atoms with Crippen molar-refractivity contribution >= 4 is 29.2 Å². The molecule has 0 radical (unpaired) electrons. The molecule has 0 saturated heterocycles. The monoisotopic (exact) mass is 303 g/mol. The van der Waals surface area contributed by atoms with E-state index in [2.05, 4.69) is 10.6 Å². The molecule has 0 aliphatic carbocycles. The fourth-order valence-electron chi connectivity index (χ4n) is 1.85. The quantitative estimate of drug-likeness (QED) is 0.812. The van der Waals surface area contributed by atoms with E-state index in [9.17, 15) is 9.59 Å². The van der Waals surface area contributed by atoms with Crippen LogP contribution in [0.15, 0.2) is 54.6 Å². The molecule has 0 heterocycles. The number of primary amides is 1. The summed E-state index contributed by atoms with van der Waals surface area (Å²) < 4.78 is 0. The first-order valence-electron chi connectivity index (χ1n) is 6.23. The number of carbonyl (C=O) groups excluding carboxylic acids is 2. The Balaban J connectivity index is 2.25. The number of rotatable bonds is 4. The van der Waals surface area contributed by atoms with Gasteiger partial charge in [-0.1, -0.05) is 41.9 Å². The number of anilines is 1. The molecule has 3 amide bonds. The van der Waals surface area contributed by atoms with Crippen LogP contribution >= 0.6 is 11.6 Å². The average Bonchev–Trinajstić information content (AvgIpc) is 2.46. The molecule has 0 spiro atoms. The average molecular weight is 304 g/mol. The molecule has 6 heteroatoms. The smallest absolute Gasteiger partial charge is 0.318 e. The van der Waals surface area contributed by atoms with E-state index < -0.39 is 18.0 Å². The third kappa shape index (κ3) is 4.22. The molecule has 4 N–H and O–H groups in total. The highest BCUT2D eigenvalue weighted by Crippen LogP contribution is 2.21. The molecule has 0 unspecified atom stereocenters. The molecular weight excluding hydrogens is 290 g/mol. The molecule has 0 aliphatic heterocycles. The van der Waals surface area contributed by atoms with E-state index in [1.807, 2.05) is 18.2 Å². The van der Waals surface area contributed by atoms with Gasteiger partial charge in [-0.3, -0.25) is 10.1 Å². The van der Waals surface area contributed by atoms with Crippen molar-refractivity contribution in [3.8, 4) is 0 Å². The summed E-state index contributed by atoms with van der Waals surface area (Å²) in [7, 11) is 0. The van der Waals surface area contributed by atoms with Gasteiger partial charge in [0, 0.05) is 10.7 Å². The number of nitrogens with two attached hydrogens (primary N) is 1. The normalized spacial score (nSPS) is 11.5. The van der Waals surface area contributed by atoms with E-state index in [1.165, 1.54) is 0 Å². The summed E-state index contributed by atoms with van der Waals surface area (Å²) >= 11 is 5.83. The number of amides is 3. The van der Waals surface area contributed by atoms with Crippen molar-refractivity contribution in [2.24, 2.45) is 5.73 Å². The predicted octanol–water partition coefficient (Wildman–Crippen LogP) is 2.69. The maximum atomic E-state index is 12.1. The standard InChI is InChI=1S/C15H14ClN3O2/c16-11-6-8-12(9-7-11)18-13(14(20)19-15(17)21)10-4-2-1-3-5-10/h1-9,13,18H,(H3,17,19,20,21)/t13-/m0/s1. The molecule has 0 saturated carbocycles. The number of hydrogen-bond acceptors (Lipinski definition) is 3. The maximum Gasteiger partial charge on any atom is 0.318 e. The van der Waals surface area contributed by atoms with Crippen molar-refractivity contribution < 1.29 is 9.59 Å². The largest absolute Gasteiger partial charge is 0.370 e. The number of nitrogens with one attached hydrogen (secondary N) is 2. The van der Waals surface area contributed by atoms with Gasteiger partial charge in [-0.15, -0.1) is 0 Å². The number of urea groups is 1. The number of hydrogen-bond donors (Lipinski definition) is 3. The van der Waals surface area contributed by atoms with Crippen LogP contribution in [0.25, 0.3) is 0 Å². The van der Waals surface area contributed by atoms with Crippen LogP contribution in [0.4, 0.5) is 10.5 Å². The minimum atomic E-state index is -0.890. The third-order valence-corrected chi connectivity index (χ3v) is 3.05. The third-order valence-electron chi connectivity index (χ3n) is 2.80. The van der Waals surface area contributed by atoms with Crippen molar-refractivity contribution in [3.63, 3.8) is 0 Å². The second-order valence-electron chi connectivity index (χ2n) is 4.35. The van der Waals surface area contributed by atoms with Gasteiger partial charge in [-0.05, 0) is 29.8 Å². The minimum absolute atomic E-state index is 0.524. The van der Waals surface area contributed by atoms with Crippen LogP contribution in [0.2, 0.25) is 5.02 Å². The Morgan fingerprint density at radius 3 is 2.19 bits per heavy atom. The van der Waals surface area contributed by atoms with Gasteiger partial charge in [-0.25, -0.2) is 4.79 Å². The zero-order valence-corrected chi connectivity index (χ0v) is 11.8. The lowest BCUT2D eigenvalue weighted by Crippen LogP contribution is -2.40. The lowest BCUT2D eigenvalue weighted by atomic mass is 10.1. The molecule has 0 fully saturated rings. The zero-order chi connectivity index (χ0) is 15.2. The van der Waals surface area contributed by atoms with Gasteiger partial charge in [0.25, 0.3) is 5.91 Å². The summed E-state index contributed by atoms with van der Waals surface area (Å²) in [5, 5.41) is 5.73. The Kier molecular flexibility index (Phi) is 4.79. The molecule has 2 aromatic rings. The van der Waals surface area contributed by atoms with Crippen LogP contribution < -0.4 is 16.4 Å². The highest BCUT2D eigenvalue weighted by molar-refractivity contribution is 6.30. The van der Waals surface area contributed by atoms with Crippen LogP contribution in [0, 0.1) is 0 Å². The van der Waals surface area contributed by atoms with Gasteiger partial charge >= 0.3 is 6.03 Å². The lowest BCUT2D eigenvalue weighted by molar-refractivity contribution is -0.120. The fourth-order valence-corrected chi connectivity index (χ4v) is 1.98. The second kappa shape index (κ2) is 6.76. The first kappa shape index (κ1) is 14.9. The molecule has 0 aromatic heterocycles. The lowest BCUT2D eigenvalue weighted by Gasteiger charge is -2.19. The Morgan fingerprint density at radius 1 is 1.00 bits per heavy atom. The summed E-state index contributed by atoms with van der Waals surface area (Å²) in [5.74, 6) is -0.524. The minimum Gasteiger partial charge on any atom is -0.370 e. The van der Waals surface area contributed by atoms with Gasteiger partial charge in [0.05, 0.1) is 0 Å². The van der Waals surface area contributed by atoms with Gasteiger partial charge < -0.3 is 11.1 Å². The van der Waals surface area contributed by atoms with Crippen LogP contribution in [0.5, 0.6) is 0 Å². The topological polar surface area (TPSA) is 84.2 Å². The van der Waals surface area contributed by atoms with Crippen LogP contribution in [0.3, 0.4) is 0 Å². The van der Waals surface area contributed by atoms with E-state index in [1.54, 1.807) is 36.4 Å². The van der Waals surface area contributed by atoms with E-state index in [0.29, 0.717) is 16.3 Å². The first-order valence-corrected chi connectivity index (χ1v) is 6.61. The van der Waals surface area contributed by atoms with Gasteiger partial charge in [0.1, 0.15) is 6.04 Å². The number of halogens is 1. The Labute approximate surface area is 127 Å². The van der Waals surface area contributed by atoms with Crippen molar-refractivity contribution in [1.29, 1.82) is 0 Å². The van der Waals surface area contributed by atoms with Gasteiger partial charge in [-0.2, -0.15) is 0 Å². The van der Waals surface area contributed by atoms with E-state index in [4.69, 9.17) is 17.3 Å². The van der Waals surface area contributed by atoms with E-state index >= 15 is 0 Å². The molecule has 108 valence electrons. The van der Waals surface area contributed by atoms with Gasteiger partial charge in [0.2, 0.25) is 0 Å².